The van der Waals surface area contributed by atoms with E-state index in [-0.39, 0.29) is 5.69 Å². The van der Waals surface area contributed by atoms with E-state index in [9.17, 15) is 9.59 Å². The van der Waals surface area contributed by atoms with Gasteiger partial charge in [-0.25, -0.2) is 9.79 Å². The average molecular weight is 316 g/mol. The van der Waals surface area contributed by atoms with Crippen LogP contribution in [-0.4, -0.2) is 35.0 Å². The molecule has 18 heavy (non-hydrogen) atoms. The largest absolute Gasteiger partial charge is 0.493 e. The lowest BCUT2D eigenvalue weighted by molar-refractivity contribution is -0.137. The zero-order valence-electron chi connectivity index (χ0n) is 9.38. The smallest absolute Gasteiger partial charge is 0.350 e. The number of para-hydroxylation sites is 1. The van der Waals surface area contributed by atoms with E-state index in [1.54, 1.807) is 12.1 Å². The molecule has 2 N–H and O–H groups in total. The number of carboxylic acids is 2. The Kier molecular flexibility index (Phi) is 4.85. The van der Waals surface area contributed by atoms with Gasteiger partial charge in [-0.2, -0.15) is 0 Å². The minimum Gasteiger partial charge on any atom is -0.493 e. The molecule has 7 heteroatoms. The Morgan fingerprint density at radius 2 is 2.06 bits per heavy atom. The monoisotopic (exact) mass is 315 g/mol. The Hall–Kier alpha value is -1.89. The maximum Gasteiger partial charge on any atom is 0.350 e. The number of carbonyl (C=O) groups is 2. The Bertz CT molecular complexity index is 512. The third-order valence-corrected chi connectivity index (χ3v) is 2.60. The first-order valence-corrected chi connectivity index (χ1v) is 5.60. The van der Waals surface area contributed by atoms with Crippen molar-refractivity contribution in [1.29, 1.82) is 0 Å². The number of benzene rings is 1. The number of ether oxygens (including phenoxy) is 1. The first-order valence-electron chi connectivity index (χ1n) is 4.81. The van der Waals surface area contributed by atoms with Crippen molar-refractivity contribution in [3.63, 3.8) is 0 Å². The molecule has 0 amide bonds. The summed E-state index contributed by atoms with van der Waals surface area (Å²) < 4.78 is 5.67. The lowest BCUT2D eigenvalue weighted by Gasteiger charge is -2.07. The van der Waals surface area contributed by atoms with E-state index in [1.807, 2.05) is 0 Å². The Morgan fingerprint density at radius 1 is 1.39 bits per heavy atom. The van der Waals surface area contributed by atoms with Crippen LogP contribution in [0.3, 0.4) is 0 Å². The van der Waals surface area contributed by atoms with Crippen molar-refractivity contribution in [3.8, 4) is 5.75 Å². The van der Waals surface area contributed by atoms with Crippen molar-refractivity contribution < 1.29 is 24.5 Å². The summed E-state index contributed by atoms with van der Waals surface area (Å²) in [5, 5.41) is 17.5. The van der Waals surface area contributed by atoms with Gasteiger partial charge in [0.25, 0.3) is 0 Å². The van der Waals surface area contributed by atoms with Crippen LogP contribution in [-0.2, 0) is 9.59 Å². The van der Waals surface area contributed by atoms with Gasteiger partial charge in [0.15, 0.2) is 5.75 Å². The van der Waals surface area contributed by atoms with E-state index < -0.39 is 24.1 Å². The predicted octanol–water partition coefficient (Wildman–Crippen LogP) is 2.09. The van der Waals surface area contributed by atoms with Gasteiger partial charge >= 0.3 is 11.9 Å². The second-order valence-corrected chi connectivity index (χ2v) is 4.08. The molecular formula is C11H10BrNO5. The van der Waals surface area contributed by atoms with Crippen molar-refractivity contribution in [2.24, 2.45) is 4.99 Å². The van der Waals surface area contributed by atoms with E-state index in [0.29, 0.717) is 10.2 Å². The van der Waals surface area contributed by atoms with E-state index in [2.05, 4.69) is 20.9 Å². The van der Waals surface area contributed by atoms with Gasteiger partial charge in [-0.05, 0) is 28.1 Å². The highest BCUT2D eigenvalue weighted by atomic mass is 79.9. The van der Waals surface area contributed by atoms with E-state index >= 15 is 0 Å². The minimum atomic E-state index is -1.38. The molecule has 0 heterocycles. The molecule has 6 nitrogen and oxygen atoms in total. The highest BCUT2D eigenvalue weighted by molar-refractivity contribution is 9.10. The standard InChI is InChI=1S/C11H10BrNO5/c1-18-10-6(12)3-2-4-7(10)13-8(11(16)17)5-9(14)15/h2-4H,5H2,1H3,(H,14,15)(H,16,17). The van der Waals surface area contributed by atoms with E-state index in [1.165, 1.54) is 13.2 Å². The highest BCUT2D eigenvalue weighted by Crippen LogP contribution is 2.35. The number of carboxylic acid groups (broad SMARTS) is 2. The van der Waals surface area contributed by atoms with Gasteiger partial charge in [-0.1, -0.05) is 6.07 Å². The van der Waals surface area contributed by atoms with Gasteiger partial charge < -0.3 is 14.9 Å². The fraction of sp³-hybridized carbons (Fsp3) is 0.182. The van der Waals surface area contributed by atoms with Crippen molar-refractivity contribution in [3.05, 3.63) is 22.7 Å². The van der Waals surface area contributed by atoms with Crippen LogP contribution >= 0.6 is 15.9 Å². The van der Waals surface area contributed by atoms with Crippen molar-refractivity contribution >= 4 is 39.3 Å². The van der Waals surface area contributed by atoms with Gasteiger partial charge in [-0.3, -0.25) is 4.79 Å². The number of nitrogens with zero attached hydrogens (tertiary/aromatic N) is 1. The van der Waals surface area contributed by atoms with Crippen LogP contribution < -0.4 is 4.74 Å². The van der Waals surface area contributed by atoms with Gasteiger partial charge in [0.1, 0.15) is 11.4 Å². The van der Waals surface area contributed by atoms with Crippen molar-refractivity contribution in [2.75, 3.05) is 7.11 Å². The Labute approximate surface area is 111 Å². The maximum atomic E-state index is 10.9. The third kappa shape index (κ3) is 3.56. The van der Waals surface area contributed by atoms with Gasteiger partial charge in [0.05, 0.1) is 18.0 Å². The lowest BCUT2D eigenvalue weighted by Crippen LogP contribution is -2.17. The van der Waals surface area contributed by atoms with Crippen LogP contribution in [0.4, 0.5) is 5.69 Å². The predicted molar refractivity (Wildman–Crippen MR) is 67.7 cm³/mol. The van der Waals surface area contributed by atoms with Gasteiger partial charge in [-0.15, -0.1) is 0 Å². The first kappa shape index (κ1) is 14.2. The molecule has 0 aliphatic rings. The molecule has 0 unspecified atom stereocenters. The highest BCUT2D eigenvalue weighted by Gasteiger charge is 2.16. The summed E-state index contributed by atoms with van der Waals surface area (Å²) in [5.74, 6) is -2.29. The van der Waals surface area contributed by atoms with E-state index in [4.69, 9.17) is 14.9 Å². The average Bonchev–Trinajstić information content (AvgIpc) is 2.27. The van der Waals surface area contributed by atoms with Crippen LogP contribution in [0.15, 0.2) is 27.7 Å². The molecule has 0 saturated carbocycles. The summed E-state index contributed by atoms with van der Waals surface area (Å²) in [6.45, 7) is 0. The Morgan fingerprint density at radius 3 is 2.56 bits per heavy atom. The molecule has 0 saturated heterocycles. The van der Waals surface area contributed by atoms with Crippen molar-refractivity contribution in [2.45, 2.75) is 6.42 Å². The molecule has 0 radical (unpaired) electrons. The van der Waals surface area contributed by atoms with Crippen LogP contribution in [0.25, 0.3) is 0 Å². The van der Waals surface area contributed by atoms with Gasteiger partial charge in [0, 0.05) is 0 Å². The third-order valence-electron chi connectivity index (χ3n) is 1.97. The molecule has 1 aromatic rings. The number of aliphatic carboxylic acids is 2. The number of hydrogen-bond donors (Lipinski definition) is 2. The fourth-order valence-electron chi connectivity index (χ4n) is 1.24. The first-order chi connectivity index (χ1) is 8.45. The summed E-state index contributed by atoms with van der Waals surface area (Å²) in [6, 6.07) is 4.88. The number of rotatable bonds is 5. The SMILES string of the molecule is COc1c(Br)cccc1N=C(CC(=O)O)C(=O)O. The summed E-state index contributed by atoms with van der Waals surface area (Å²) in [7, 11) is 1.41. The zero-order valence-corrected chi connectivity index (χ0v) is 11.0. The van der Waals surface area contributed by atoms with Crippen molar-refractivity contribution in [1.82, 2.24) is 0 Å². The summed E-state index contributed by atoms with van der Waals surface area (Å²) in [4.78, 5) is 25.2. The molecule has 0 fully saturated rings. The van der Waals surface area contributed by atoms with Crippen LogP contribution in [0, 0.1) is 0 Å². The molecule has 96 valence electrons. The molecule has 0 spiro atoms. The van der Waals surface area contributed by atoms with Crippen LogP contribution in [0.2, 0.25) is 0 Å². The summed E-state index contributed by atoms with van der Waals surface area (Å²) >= 11 is 3.23. The molecular weight excluding hydrogens is 306 g/mol. The van der Waals surface area contributed by atoms with E-state index in [0.717, 1.165) is 0 Å². The second-order valence-electron chi connectivity index (χ2n) is 3.23. The zero-order chi connectivity index (χ0) is 13.7. The molecule has 1 aromatic carbocycles. The quantitative estimate of drug-likeness (QED) is 0.811. The van der Waals surface area contributed by atoms with Gasteiger partial charge in [0.2, 0.25) is 0 Å². The molecule has 0 atom stereocenters. The van der Waals surface area contributed by atoms with Crippen LogP contribution in [0.1, 0.15) is 6.42 Å². The van der Waals surface area contributed by atoms with Crippen LogP contribution in [0.5, 0.6) is 5.75 Å². The second kappa shape index (κ2) is 6.15. The topological polar surface area (TPSA) is 96.2 Å². The number of methoxy groups -OCH3 is 1. The maximum absolute atomic E-state index is 10.9. The summed E-state index contributed by atoms with van der Waals surface area (Å²) in [6.07, 6.45) is -0.662. The fourth-order valence-corrected chi connectivity index (χ4v) is 1.76. The normalized spacial score (nSPS) is 11.1. The number of hydrogen-bond acceptors (Lipinski definition) is 4. The molecule has 0 bridgehead atoms. The minimum absolute atomic E-state index is 0.255. The number of aliphatic imine (C=N–C) groups is 1. The lowest BCUT2D eigenvalue weighted by atomic mass is 10.2. The molecule has 0 aliphatic heterocycles. The molecule has 0 aromatic heterocycles. The Balaban J connectivity index is 3.23. The summed E-state index contributed by atoms with van der Waals surface area (Å²) in [5.41, 5.74) is -0.204. The number of halogens is 1. The molecule has 0 aliphatic carbocycles. The molecule has 1 rings (SSSR count).